The third kappa shape index (κ3) is 4.55. The second-order valence-corrected chi connectivity index (χ2v) is 5.12. The minimum atomic E-state index is -0.812. The maximum absolute atomic E-state index is 11.9. The Balaban J connectivity index is 2.26. The predicted octanol–water partition coefficient (Wildman–Crippen LogP) is 1.93. The summed E-state index contributed by atoms with van der Waals surface area (Å²) < 4.78 is 0. The molecule has 2 amide bonds. The first-order chi connectivity index (χ1) is 8.54. The summed E-state index contributed by atoms with van der Waals surface area (Å²) in [5, 5.41) is 11.5. The van der Waals surface area contributed by atoms with Crippen molar-refractivity contribution in [1.82, 2.24) is 10.2 Å². The van der Waals surface area contributed by atoms with E-state index in [2.05, 4.69) is 12.2 Å². The fourth-order valence-corrected chi connectivity index (χ4v) is 2.21. The zero-order valence-electron chi connectivity index (χ0n) is 11.3. The molecule has 1 fully saturated rings. The first kappa shape index (κ1) is 14.8. The van der Waals surface area contributed by atoms with Gasteiger partial charge in [0.15, 0.2) is 0 Å². The minimum Gasteiger partial charge on any atom is -0.481 e. The van der Waals surface area contributed by atoms with Crippen LogP contribution in [0.4, 0.5) is 4.79 Å². The van der Waals surface area contributed by atoms with Gasteiger partial charge in [0, 0.05) is 19.6 Å². The van der Waals surface area contributed by atoms with Crippen molar-refractivity contribution < 1.29 is 14.7 Å². The van der Waals surface area contributed by atoms with E-state index in [9.17, 15) is 9.59 Å². The predicted molar refractivity (Wildman–Crippen MR) is 69.4 cm³/mol. The van der Waals surface area contributed by atoms with E-state index in [1.807, 2.05) is 4.90 Å². The molecule has 1 saturated heterocycles. The Bertz CT molecular complexity index is 294. The van der Waals surface area contributed by atoms with Gasteiger partial charge in [0.2, 0.25) is 0 Å². The monoisotopic (exact) mass is 256 g/mol. The van der Waals surface area contributed by atoms with Gasteiger partial charge in [-0.15, -0.1) is 0 Å². The number of nitrogens with zero attached hydrogens (tertiary/aromatic N) is 1. The number of urea groups is 1. The molecule has 0 bridgehead atoms. The highest BCUT2D eigenvalue weighted by Gasteiger charge is 2.22. The third-order valence-corrected chi connectivity index (χ3v) is 3.66. The highest BCUT2D eigenvalue weighted by molar-refractivity contribution is 5.74. The molecule has 2 atom stereocenters. The summed E-state index contributed by atoms with van der Waals surface area (Å²) in [6.07, 6.45) is 3.86. The number of rotatable bonds is 5. The van der Waals surface area contributed by atoms with E-state index in [1.54, 1.807) is 6.92 Å². The number of hydrogen-bond donors (Lipinski definition) is 2. The molecule has 2 unspecified atom stereocenters. The highest BCUT2D eigenvalue weighted by atomic mass is 16.4. The van der Waals surface area contributed by atoms with Crippen LogP contribution in [0.15, 0.2) is 0 Å². The van der Waals surface area contributed by atoms with E-state index in [-0.39, 0.29) is 6.03 Å². The summed E-state index contributed by atoms with van der Waals surface area (Å²) >= 11 is 0. The van der Waals surface area contributed by atoms with Gasteiger partial charge in [0.1, 0.15) is 0 Å². The fourth-order valence-electron chi connectivity index (χ4n) is 2.21. The highest BCUT2D eigenvalue weighted by Crippen LogP contribution is 2.18. The maximum atomic E-state index is 11.9. The molecule has 1 aliphatic rings. The Morgan fingerprint density at radius 1 is 1.50 bits per heavy atom. The number of aliphatic carboxylic acids is 1. The Labute approximate surface area is 109 Å². The average Bonchev–Trinajstić information content (AvgIpc) is 2.38. The minimum absolute atomic E-state index is 0.0502. The van der Waals surface area contributed by atoms with Gasteiger partial charge in [-0.25, -0.2) is 4.79 Å². The molecule has 0 aliphatic carbocycles. The Morgan fingerprint density at radius 3 is 2.83 bits per heavy atom. The molecule has 0 aromatic rings. The molecule has 5 heteroatoms. The lowest BCUT2D eigenvalue weighted by molar-refractivity contribution is -0.141. The normalized spacial score (nSPS) is 21.4. The first-order valence-corrected chi connectivity index (χ1v) is 6.80. The van der Waals surface area contributed by atoms with E-state index in [4.69, 9.17) is 5.11 Å². The number of amides is 2. The Hall–Kier alpha value is -1.26. The van der Waals surface area contributed by atoms with Gasteiger partial charge in [-0.3, -0.25) is 4.79 Å². The Kier molecular flexibility index (Phi) is 5.95. The molecule has 0 spiro atoms. The first-order valence-electron chi connectivity index (χ1n) is 6.80. The van der Waals surface area contributed by atoms with Gasteiger partial charge in [0.25, 0.3) is 0 Å². The molecule has 5 nitrogen and oxygen atoms in total. The topological polar surface area (TPSA) is 69.6 Å². The fraction of sp³-hybridized carbons (Fsp3) is 0.846. The molecular weight excluding hydrogens is 232 g/mol. The van der Waals surface area contributed by atoms with Crippen molar-refractivity contribution in [3.8, 4) is 0 Å². The van der Waals surface area contributed by atoms with E-state index in [0.29, 0.717) is 18.9 Å². The number of piperidine rings is 1. The van der Waals surface area contributed by atoms with E-state index in [0.717, 1.165) is 25.9 Å². The van der Waals surface area contributed by atoms with Crippen LogP contribution in [-0.2, 0) is 4.79 Å². The van der Waals surface area contributed by atoms with Crippen LogP contribution in [0.2, 0.25) is 0 Å². The van der Waals surface area contributed by atoms with Crippen molar-refractivity contribution in [3.05, 3.63) is 0 Å². The summed E-state index contributed by atoms with van der Waals surface area (Å²) in [4.78, 5) is 24.4. The number of carbonyl (C=O) groups is 2. The van der Waals surface area contributed by atoms with Gasteiger partial charge in [-0.2, -0.15) is 0 Å². The van der Waals surface area contributed by atoms with Crippen LogP contribution < -0.4 is 5.32 Å². The van der Waals surface area contributed by atoms with Crippen LogP contribution in [0.1, 0.15) is 39.5 Å². The van der Waals surface area contributed by atoms with Crippen molar-refractivity contribution in [3.63, 3.8) is 0 Å². The molecular formula is C13H24N2O3. The number of likely N-dealkylation sites (tertiary alicyclic amines) is 1. The third-order valence-electron chi connectivity index (χ3n) is 3.66. The van der Waals surface area contributed by atoms with Crippen LogP contribution in [0, 0.1) is 11.8 Å². The van der Waals surface area contributed by atoms with Gasteiger partial charge in [-0.05, 0) is 25.2 Å². The lowest BCUT2D eigenvalue weighted by Crippen LogP contribution is -2.45. The lowest BCUT2D eigenvalue weighted by atomic mass is 9.96. The van der Waals surface area contributed by atoms with Crippen molar-refractivity contribution >= 4 is 12.0 Å². The zero-order chi connectivity index (χ0) is 13.5. The van der Waals surface area contributed by atoms with Gasteiger partial charge in [0.05, 0.1) is 5.92 Å². The second-order valence-electron chi connectivity index (χ2n) is 5.12. The van der Waals surface area contributed by atoms with Crippen LogP contribution in [0.5, 0.6) is 0 Å². The van der Waals surface area contributed by atoms with Crippen molar-refractivity contribution in [2.24, 2.45) is 11.8 Å². The quantitative estimate of drug-likeness (QED) is 0.789. The smallest absolute Gasteiger partial charge is 0.317 e. The van der Waals surface area contributed by atoms with Crippen LogP contribution >= 0.6 is 0 Å². The summed E-state index contributed by atoms with van der Waals surface area (Å²) in [7, 11) is 0. The molecule has 0 saturated carbocycles. The van der Waals surface area contributed by atoms with Gasteiger partial charge in [-0.1, -0.05) is 20.3 Å². The second kappa shape index (κ2) is 7.24. The summed E-state index contributed by atoms with van der Waals surface area (Å²) in [5.74, 6) is -0.606. The number of hydrogen-bond acceptors (Lipinski definition) is 2. The molecule has 2 N–H and O–H groups in total. The SMILES string of the molecule is CCC1CCCN(C(=O)NCCC(C)C(=O)O)C1. The maximum Gasteiger partial charge on any atom is 0.317 e. The average molecular weight is 256 g/mol. The summed E-state index contributed by atoms with van der Waals surface area (Å²) in [6.45, 7) is 5.89. The van der Waals surface area contributed by atoms with E-state index in [1.165, 1.54) is 6.42 Å². The Morgan fingerprint density at radius 2 is 2.22 bits per heavy atom. The molecule has 1 heterocycles. The largest absolute Gasteiger partial charge is 0.481 e. The van der Waals surface area contributed by atoms with Crippen LogP contribution in [0.3, 0.4) is 0 Å². The number of carboxylic acids is 1. The molecule has 0 aromatic heterocycles. The van der Waals surface area contributed by atoms with Gasteiger partial charge < -0.3 is 15.3 Å². The number of carbonyl (C=O) groups excluding carboxylic acids is 1. The van der Waals surface area contributed by atoms with E-state index < -0.39 is 11.9 Å². The van der Waals surface area contributed by atoms with Crippen molar-refractivity contribution in [2.75, 3.05) is 19.6 Å². The summed E-state index contributed by atoms with van der Waals surface area (Å²) in [6, 6.07) is -0.0502. The molecule has 18 heavy (non-hydrogen) atoms. The van der Waals surface area contributed by atoms with Crippen molar-refractivity contribution in [2.45, 2.75) is 39.5 Å². The van der Waals surface area contributed by atoms with Gasteiger partial charge >= 0.3 is 12.0 Å². The lowest BCUT2D eigenvalue weighted by Gasteiger charge is -2.32. The summed E-state index contributed by atoms with van der Waals surface area (Å²) in [5.41, 5.74) is 0. The standard InChI is InChI=1S/C13H24N2O3/c1-3-11-5-4-8-15(9-11)13(18)14-7-6-10(2)12(16)17/h10-11H,3-9H2,1-2H3,(H,14,18)(H,16,17). The number of nitrogens with one attached hydrogen (secondary N) is 1. The molecule has 0 aromatic carbocycles. The molecule has 104 valence electrons. The molecule has 1 rings (SSSR count). The van der Waals surface area contributed by atoms with Crippen LogP contribution in [0.25, 0.3) is 0 Å². The van der Waals surface area contributed by atoms with E-state index >= 15 is 0 Å². The molecule has 1 aliphatic heterocycles. The molecule has 0 radical (unpaired) electrons. The zero-order valence-corrected chi connectivity index (χ0v) is 11.3. The number of carboxylic acid groups (broad SMARTS) is 1. The van der Waals surface area contributed by atoms with Crippen LogP contribution in [-0.4, -0.2) is 41.6 Å². The van der Waals surface area contributed by atoms with Crippen molar-refractivity contribution in [1.29, 1.82) is 0 Å².